The van der Waals surface area contributed by atoms with Crippen molar-refractivity contribution in [1.82, 2.24) is 4.31 Å². The second-order valence-corrected chi connectivity index (χ2v) is 7.54. The molecule has 0 aliphatic rings. The fourth-order valence-corrected chi connectivity index (χ4v) is 3.90. The largest absolute Gasteiger partial charge is 0.323 e. The van der Waals surface area contributed by atoms with Crippen molar-refractivity contribution in [2.45, 2.75) is 17.9 Å². The molecule has 28 heavy (non-hydrogen) atoms. The molecule has 0 heterocycles. The number of hydrogen-bond acceptors (Lipinski definition) is 5. The minimum atomic E-state index is -4.09. The van der Waals surface area contributed by atoms with E-state index in [1.165, 1.54) is 6.92 Å². The van der Waals surface area contributed by atoms with E-state index in [0.29, 0.717) is 12.1 Å². The molecule has 0 aromatic heterocycles. The van der Waals surface area contributed by atoms with Crippen molar-refractivity contribution in [2.24, 2.45) is 5.73 Å². The Labute approximate surface area is 165 Å². The summed E-state index contributed by atoms with van der Waals surface area (Å²) in [6.07, 6.45) is 0. The third-order valence-electron chi connectivity index (χ3n) is 3.88. The lowest BCUT2D eigenvalue weighted by Crippen LogP contribution is -2.37. The Bertz CT molecular complexity index is 958. The van der Waals surface area contributed by atoms with E-state index in [0.717, 1.165) is 28.6 Å². The van der Waals surface area contributed by atoms with Crippen LogP contribution in [-0.4, -0.2) is 30.7 Å². The molecular weight excluding hydrogens is 423 g/mol. The van der Waals surface area contributed by atoms with Crippen molar-refractivity contribution in [3.8, 4) is 0 Å². The lowest BCUT2D eigenvalue weighted by atomic mass is 10.1. The van der Waals surface area contributed by atoms with Gasteiger partial charge < -0.3 is 5.73 Å². The molecule has 0 aliphatic carbocycles. The zero-order chi connectivity index (χ0) is 20.4. The van der Waals surface area contributed by atoms with Crippen molar-refractivity contribution in [3.63, 3.8) is 0 Å². The van der Waals surface area contributed by atoms with E-state index in [-0.39, 0.29) is 35.1 Å². The van der Waals surface area contributed by atoms with Crippen LogP contribution in [0.25, 0.3) is 0 Å². The molecule has 0 radical (unpaired) electrons. The highest BCUT2D eigenvalue weighted by molar-refractivity contribution is 7.89. The number of nitrogens with two attached hydrogens (primary N) is 1. The fraction of sp³-hybridized carbons (Fsp3) is 0.250. The van der Waals surface area contributed by atoms with Gasteiger partial charge in [0, 0.05) is 42.9 Å². The van der Waals surface area contributed by atoms with E-state index in [9.17, 15) is 31.7 Å². The highest BCUT2D eigenvalue weighted by Gasteiger charge is 2.27. The van der Waals surface area contributed by atoms with Crippen molar-refractivity contribution in [3.05, 3.63) is 69.5 Å². The van der Waals surface area contributed by atoms with Gasteiger partial charge in [-0.3, -0.25) is 10.1 Å². The van der Waals surface area contributed by atoms with E-state index >= 15 is 0 Å². The van der Waals surface area contributed by atoms with Crippen LogP contribution >= 0.6 is 12.4 Å². The minimum Gasteiger partial charge on any atom is -0.323 e. The van der Waals surface area contributed by atoms with Gasteiger partial charge in [0.15, 0.2) is 11.6 Å². The number of nitro groups is 1. The standard InChI is InChI=1S/C16H16F3N3O4S.ClH/c1-2-21(9-16(20)12-7-14(18)15(19)8-13(12)17)27(25,26)11-5-3-10(4-6-11)22(23)24;/h3-8,16H,2,9,20H2,1H3;1H. The van der Waals surface area contributed by atoms with Crippen molar-refractivity contribution in [2.75, 3.05) is 13.1 Å². The zero-order valence-corrected chi connectivity index (χ0v) is 16.1. The van der Waals surface area contributed by atoms with Gasteiger partial charge in [-0.05, 0) is 18.2 Å². The molecule has 0 saturated carbocycles. The molecule has 12 heteroatoms. The van der Waals surface area contributed by atoms with E-state index in [1.807, 2.05) is 0 Å². The summed E-state index contributed by atoms with van der Waals surface area (Å²) in [6.45, 7) is 1.06. The summed E-state index contributed by atoms with van der Waals surface area (Å²) in [5.41, 5.74) is 5.16. The molecule has 2 N–H and O–H groups in total. The molecule has 2 rings (SSSR count). The highest BCUT2D eigenvalue weighted by atomic mass is 35.5. The average molecular weight is 440 g/mol. The van der Waals surface area contributed by atoms with Crippen LogP contribution in [0, 0.1) is 27.6 Å². The molecule has 1 atom stereocenters. The lowest BCUT2D eigenvalue weighted by molar-refractivity contribution is -0.384. The molecular formula is C16H17ClF3N3O4S. The Morgan fingerprint density at radius 1 is 1.11 bits per heavy atom. The summed E-state index contributed by atoms with van der Waals surface area (Å²) in [5.74, 6) is -3.78. The van der Waals surface area contributed by atoms with Gasteiger partial charge in [0.25, 0.3) is 5.69 Å². The molecule has 0 saturated heterocycles. The molecule has 0 spiro atoms. The predicted molar refractivity (Wildman–Crippen MR) is 98.0 cm³/mol. The van der Waals surface area contributed by atoms with Crippen LogP contribution in [0.15, 0.2) is 41.3 Å². The fourth-order valence-electron chi connectivity index (χ4n) is 2.43. The second-order valence-electron chi connectivity index (χ2n) is 5.60. The third-order valence-corrected chi connectivity index (χ3v) is 5.83. The Morgan fingerprint density at radius 2 is 1.64 bits per heavy atom. The molecule has 154 valence electrons. The third kappa shape index (κ3) is 4.98. The molecule has 7 nitrogen and oxygen atoms in total. The SMILES string of the molecule is CCN(CC(N)c1cc(F)c(F)cc1F)S(=O)(=O)c1ccc([N+](=O)[O-])cc1.Cl. The Morgan fingerprint density at radius 3 is 2.14 bits per heavy atom. The maximum absolute atomic E-state index is 13.9. The Kier molecular flexibility index (Phi) is 7.94. The van der Waals surface area contributed by atoms with E-state index in [2.05, 4.69) is 0 Å². The first-order valence-corrected chi connectivity index (χ1v) is 9.16. The van der Waals surface area contributed by atoms with Crippen LogP contribution in [0.3, 0.4) is 0 Å². The van der Waals surface area contributed by atoms with E-state index < -0.39 is 45.0 Å². The average Bonchev–Trinajstić information content (AvgIpc) is 2.62. The van der Waals surface area contributed by atoms with Crippen molar-refractivity contribution < 1.29 is 26.5 Å². The summed E-state index contributed by atoms with van der Waals surface area (Å²) in [4.78, 5) is 9.79. The number of non-ortho nitro benzene ring substituents is 1. The topological polar surface area (TPSA) is 107 Å². The number of rotatable bonds is 7. The summed E-state index contributed by atoms with van der Waals surface area (Å²) in [5, 5.41) is 10.7. The molecule has 0 amide bonds. The van der Waals surface area contributed by atoms with Gasteiger partial charge >= 0.3 is 0 Å². The van der Waals surface area contributed by atoms with Crippen LogP contribution in [0.5, 0.6) is 0 Å². The van der Waals surface area contributed by atoms with Crippen LogP contribution in [0.4, 0.5) is 18.9 Å². The quantitative estimate of drug-likeness (QED) is 0.405. The zero-order valence-electron chi connectivity index (χ0n) is 14.5. The molecule has 0 aliphatic heterocycles. The number of halogens is 4. The van der Waals surface area contributed by atoms with Crippen LogP contribution in [0.1, 0.15) is 18.5 Å². The van der Waals surface area contributed by atoms with Crippen molar-refractivity contribution in [1.29, 1.82) is 0 Å². The molecule has 2 aromatic rings. The number of nitro benzene ring substituents is 1. The number of hydrogen-bond donors (Lipinski definition) is 1. The smallest absolute Gasteiger partial charge is 0.269 e. The molecule has 1 unspecified atom stereocenters. The predicted octanol–water partition coefficient (Wildman–Crippen LogP) is 3.14. The normalized spacial score (nSPS) is 12.5. The van der Waals surface area contributed by atoms with Crippen LogP contribution in [0.2, 0.25) is 0 Å². The van der Waals surface area contributed by atoms with Crippen molar-refractivity contribution >= 4 is 28.1 Å². The minimum absolute atomic E-state index is 0. The first-order valence-electron chi connectivity index (χ1n) is 7.72. The van der Waals surface area contributed by atoms with Crippen LogP contribution in [-0.2, 0) is 10.0 Å². The van der Waals surface area contributed by atoms with Gasteiger partial charge in [0.05, 0.1) is 9.82 Å². The monoisotopic (exact) mass is 439 g/mol. The van der Waals surface area contributed by atoms with E-state index in [1.54, 1.807) is 0 Å². The van der Waals surface area contributed by atoms with Gasteiger partial charge in [0.2, 0.25) is 10.0 Å². The molecule has 0 fully saturated rings. The highest BCUT2D eigenvalue weighted by Crippen LogP contribution is 2.24. The number of nitrogens with zero attached hydrogens (tertiary/aromatic N) is 2. The summed E-state index contributed by atoms with van der Waals surface area (Å²) in [6, 6.07) is 3.88. The Hall–Kier alpha value is -2.21. The summed E-state index contributed by atoms with van der Waals surface area (Å²) >= 11 is 0. The second kappa shape index (κ2) is 9.32. The van der Waals surface area contributed by atoms with Gasteiger partial charge in [-0.2, -0.15) is 4.31 Å². The first-order chi connectivity index (χ1) is 12.6. The number of likely N-dealkylation sites (N-methyl/N-ethyl adjacent to an activating group) is 1. The maximum Gasteiger partial charge on any atom is 0.269 e. The summed E-state index contributed by atoms with van der Waals surface area (Å²) in [7, 11) is -4.09. The number of benzene rings is 2. The molecule has 0 bridgehead atoms. The van der Waals surface area contributed by atoms with Gasteiger partial charge in [-0.25, -0.2) is 21.6 Å². The lowest BCUT2D eigenvalue weighted by Gasteiger charge is -2.24. The summed E-state index contributed by atoms with van der Waals surface area (Å²) < 4.78 is 66.6. The first kappa shape index (κ1) is 23.8. The van der Waals surface area contributed by atoms with E-state index in [4.69, 9.17) is 5.73 Å². The van der Waals surface area contributed by atoms with Gasteiger partial charge in [-0.15, -0.1) is 12.4 Å². The van der Waals surface area contributed by atoms with Crippen LogP contribution < -0.4 is 5.73 Å². The maximum atomic E-state index is 13.9. The Balaban J connectivity index is 0.00000392. The van der Waals surface area contributed by atoms with Gasteiger partial charge in [-0.1, -0.05) is 6.92 Å². The van der Waals surface area contributed by atoms with Gasteiger partial charge in [0.1, 0.15) is 5.82 Å². The molecule has 2 aromatic carbocycles. The number of sulfonamides is 1.